The summed E-state index contributed by atoms with van der Waals surface area (Å²) in [6, 6.07) is 3.54. The fourth-order valence-corrected chi connectivity index (χ4v) is 4.05. The molecule has 1 nitrogen and oxygen atoms in total. The molecule has 0 spiro atoms. The van der Waals surface area contributed by atoms with Crippen LogP contribution in [0, 0.1) is 35.1 Å². The molecule has 3 rings (SSSR count). The third-order valence-corrected chi connectivity index (χ3v) is 5.63. The molecule has 2 aromatic carbocycles. The van der Waals surface area contributed by atoms with Gasteiger partial charge in [0, 0.05) is 18.2 Å². The SMILES string of the molecule is CCCC1CCC(/C=C/C(F)(F)Oc2cc(F)c(-c3ccc(F)c(F)c3)c(F)c2)CC1. The van der Waals surface area contributed by atoms with Crippen LogP contribution in [0.25, 0.3) is 11.1 Å². The summed E-state index contributed by atoms with van der Waals surface area (Å²) in [5.41, 5.74) is -0.917. The Morgan fingerprint density at radius 2 is 1.55 bits per heavy atom. The van der Waals surface area contributed by atoms with Crippen molar-refractivity contribution in [1.29, 1.82) is 0 Å². The smallest absolute Gasteiger partial charge is 0.419 e. The van der Waals surface area contributed by atoms with Gasteiger partial charge in [0.15, 0.2) is 11.6 Å². The highest BCUT2D eigenvalue weighted by molar-refractivity contribution is 5.66. The van der Waals surface area contributed by atoms with Crippen molar-refractivity contribution in [3.8, 4) is 16.9 Å². The summed E-state index contributed by atoms with van der Waals surface area (Å²) >= 11 is 0. The largest absolute Gasteiger partial charge is 0.429 e. The molecule has 168 valence electrons. The van der Waals surface area contributed by atoms with Crippen molar-refractivity contribution < 1.29 is 31.1 Å². The molecular weight excluding hydrogens is 418 g/mol. The van der Waals surface area contributed by atoms with Gasteiger partial charge >= 0.3 is 6.11 Å². The number of alkyl halides is 2. The zero-order valence-corrected chi connectivity index (χ0v) is 17.1. The van der Waals surface area contributed by atoms with Crippen LogP contribution in [0.15, 0.2) is 42.5 Å². The number of rotatable bonds is 7. The molecule has 1 aliphatic carbocycles. The normalized spacial score (nSPS) is 19.7. The van der Waals surface area contributed by atoms with Gasteiger partial charge in [0.05, 0.1) is 5.56 Å². The van der Waals surface area contributed by atoms with Crippen molar-refractivity contribution >= 4 is 0 Å². The summed E-state index contributed by atoms with van der Waals surface area (Å²) in [4.78, 5) is 0. The lowest BCUT2D eigenvalue weighted by Crippen LogP contribution is -2.22. The quantitative estimate of drug-likeness (QED) is 0.311. The number of ether oxygens (including phenoxy) is 1. The van der Waals surface area contributed by atoms with E-state index in [1.165, 1.54) is 6.08 Å². The predicted molar refractivity (Wildman–Crippen MR) is 107 cm³/mol. The van der Waals surface area contributed by atoms with Gasteiger partial charge in [0.25, 0.3) is 0 Å². The van der Waals surface area contributed by atoms with E-state index >= 15 is 0 Å². The minimum atomic E-state index is -3.75. The summed E-state index contributed by atoms with van der Waals surface area (Å²) in [6.45, 7) is 2.13. The molecule has 31 heavy (non-hydrogen) atoms. The Morgan fingerprint density at radius 1 is 0.903 bits per heavy atom. The topological polar surface area (TPSA) is 9.23 Å². The molecule has 0 heterocycles. The van der Waals surface area contributed by atoms with Gasteiger partial charge in [0.2, 0.25) is 0 Å². The van der Waals surface area contributed by atoms with Crippen LogP contribution in [-0.4, -0.2) is 6.11 Å². The van der Waals surface area contributed by atoms with Crippen LogP contribution >= 0.6 is 0 Å². The van der Waals surface area contributed by atoms with Gasteiger partial charge in [-0.3, -0.25) is 0 Å². The zero-order chi connectivity index (χ0) is 22.6. The van der Waals surface area contributed by atoms with Gasteiger partial charge in [-0.1, -0.05) is 31.9 Å². The molecule has 0 saturated heterocycles. The van der Waals surface area contributed by atoms with Gasteiger partial charge in [-0.05, 0) is 55.2 Å². The van der Waals surface area contributed by atoms with Crippen molar-refractivity contribution in [3.63, 3.8) is 0 Å². The van der Waals surface area contributed by atoms with Gasteiger partial charge in [-0.15, -0.1) is 0 Å². The van der Waals surface area contributed by atoms with E-state index in [0.717, 1.165) is 50.7 Å². The Balaban J connectivity index is 1.69. The Labute approximate surface area is 177 Å². The van der Waals surface area contributed by atoms with Crippen LogP contribution in [0.1, 0.15) is 45.4 Å². The van der Waals surface area contributed by atoms with Crippen LogP contribution < -0.4 is 4.74 Å². The number of halogens is 6. The van der Waals surface area contributed by atoms with Crippen molar-refractivity contribution in [3.05, 3.63) is 65.8 Å². The molecule has 0 atom stereocenters. The summed E-state index contributed by atoms with van der Waals surface area (Å²) in [7, 11) is 0. The summed E-state index contributed by atoms with van der Waals surface area (Å²) in [5.74, 6) is -4.95. The van der Waals surface area contributed by atoms with Crippen molar-refractivity contribution in [2.45, 2.75) is 51.6 Å². The summed E-state index contributed by atoms with van der Waals surface area (Å²) < 4.78 is 88.1. The van der Waals surface area contributed by atoms with E-state index in [2.05, 4.69) is 11.7 Å². The van der Waals surface area contributed by atoms with Crippen LogP contribution in [0.2, 0.25) is 0 Å². The molecule has 0 unspecified atom stereocenters. The summed E-state index contributed by atoms with van der Waals surface area (Å²) in [5, 5.41) is 0. The lowest BCUT2D eigenvalue weighted by molar-refractivity contribution is -0.132. The molecular formula is C24H24F6O. The Kier molecular flexibility index (Phi) is 7.34. The molecule has 2 aromatic rings. The molecule has 0 amide bonds. The van der Waals surface area contributed by atoms with E-state index in [9.17, 15) is 26.3 Å². The van der Waals surface area contributed by atoms with E-state index in [4.69, 9.17) is 0 Å². The predicted octanol–water partition coefficient (Wildman–Crippen LogP) is 8.04. The maximum absolute atomic E-state index is 14.4. The second-order valence-corrected chi connectivity index (χ2v) is 7.98. The standard InChI is InChI=1S/C24H24F6O/c1-2-3-15-4-6-16(7-5-15)10-11-24(29,30)31-18-13-21(27)23(22(28)14-18)17-8-9-19(25)20(26)12-17/h8-16H,2-7H2,1H3/b11-10+. The molecule has 7 heteroatoms. The minimum absolute atomic E-state index is 0.0202. The molecule has 0 aliphatic heterocycles. The molecule has 0 radical (unpaired) electrons. The van der Waals surface area contributed by atoms with Gasteiger partial charge in [-0.2, -0.15) is 8.78 Å². The number of allylic oxidation sites excluding steroid dienone is 1. The van der Waals surface area contributed by atoms with E-state index in [-0.39, 0.29) is 11.5 Å². The molecule has 1 saturated carbocycles. The second-order valence-electron chi connectivity index (χ2n) is 7.98. The molecule has 0 N–H and O–H groups in total. The van der Waals surface area contributed by atoms with Crippen LogP contribution in [-0.2, 0) is 0 Å². The Morgan fingerprint density at radius 3 is 2.13 bits per heavy atom. The molecule has 0 aromatic heterocycles. The van der Waals surface area contributed by atoms with Crippen molar-refractivity contribution in [1.82, 2.24) is 0 Å². The van der Waals surface area contributed by atoms with E-state index in [1.807, 2.05) is 0 Å². The van der Waals surface area contributed by atoms with E-state index < -0.39 is 40.7 Å². The molecule has 1 aliphatic rings. The summed E-state index contributed by atoms with van der Waals surface area (Å²) in [6.07, 6.45) is 4.18. The Hall–Kier alpha value is -2.44. The lowest BCUT2D eigenvalue weighted by Gasteiger charge is -2.26. The first-order valence-corrected chi connectivity index (χ1v) is 10.4. The first-order chi connectivity index (χ1) is 14.7. The maximum Gasteiger partial charge on any atom is 0.419 e. The van der Waals surface area contributed by atoms with Crippen LogP contribution in [0.4, 0.5) is 26.3 Å². The lowest BCUT2D eigenvalue weighted by atomic mass is 9.80. The number of hydrogen-bond acceptors (Lipinski definition) is 1. The second kappa shape index (κ2) is 9.79. The monoisotopic (exact) mass is 442 g/mol. The number of hydrogen-bond donors (Lipinski definition) is 0. The zero-order valence-electron chi connectivity index (χ0n) is 17.1. The molecule has 0 bridgehead atoms. The third-order valence-electron chi connectivity index (χ3n) is 5.63. The Bertz CT molecular complexity index is 909. The van der Waals surface area contributed by atoms with Gasteiger partial charge in [-0.25, -0.2) is 17.6 Å². The van der Waals surface area contributed by atoms with E-state index in [0.29, 0.717) is 30.2 Å². The van der Waals surface area contributed by atoms with Crippen LogP contribution in [0.3, 0.4) is 0 Å². The highest BCUT2D eigenvalue weighted by Gasteiger charge is 2.30. The van der Waals surface area contributed by atoms with Crippen LogP contribution in [0.5, 0.6) is 5.75 Å². The molecule has 1 fully saturated rings. The van der Waals surface area contributed by atoms with Gasteiger partial charge < -0.3 is 4.74 Å². The fourth-order valence-electron chi connectivity index (χ4n) is 4.05. The maximum atomic E-state index is 14.4. The van der Waals surface area contributed by atoms with E-state index in [1.54, 1.807) is 0 Å². The highest BCUT2D eigenvalue weighted by Crippen LogP contribution is 2.35. The fraction of sp³-hybridized carbons (Fsp3) is 0.417. The van der Waals surface area contributed by atoms with Crippen molar-refractivity contribution in [2.75, 3.05) is 0 Å². The van der Waals surface area contributed by atoms with Crippen molar-refractivity contribution in [2.24, 2.45) is 11.8 Å². The average Bonchev–Trinajstić information content (AvgIpc) is 2.69. The first-order valence-electron chi connectivity index (χ1n) is 10.4. The first kappa shape index (κ1) is 23.2. The average molecular weight is 442 g/mol. The van der Waals surface area contributed by atoms with Gasteiger partial charge in [0.1, 0.15) is 17.4 Å². The third kappa shape index (κ3) is 6.05. The minimum Gasteiger partial charge on any atom is -0.429 e. The highest BCUT2D eigenvalue weighted by atomic mass is 19.3. The number of benzene rings is 2.